The molecular formula is C10H13Cl2N3O. The molecule has 3 N–H and O–H groups in total. The number of hydrogen-bond acceptors (Lipinski definition) is 3. The molecule has 1 aromatic rings. The maximum atomic E-state index is 5.90. The third-order valence-corrected chi connectivity index (χ3v) is 2.63. The van der Waals surface area contributed by atoms with Crippen molar-refractivity contribution in [1.29, 1.82) is 0 Å². The number of aliphatic imine (C=N–C) groups is 1. The summed E-state index contributed by atoms with van der Waals surface area (Å²) in [5, 5.41) is 0.965. The Bertz CT molecular complexity index is 382. The Labute approximate surface area is 104 Å². The molecule has 0 amide bonds. The second-order valence-corrected chi connectivity index (χ2v) is 3.81. The van der Waals surface area contributed by atoms with Gasteiger partial charge >= 0.3 is 0 Å². The van der Waals surface area contributed by atoms with Crippen molar-refractivity contribution in [2.24, 2.45) is 10.8 Å². The number of nitrogens with two attached hydrogens (primary N) is 1. The van der Waals surface area contributed by atoms with Crippen LogP contribution in [0.2, 0.25) is 10.0 Å². The van der Waals surface area contributed by atoms with Gasteiger partial charge in [-0.05, 0) is 18.2 Å². The van der Waals surface area contributed by atoms with Gasteiger partial charge in [0.05, 0.1) is 23.2 Å². The molecule has 0 saturated heterocycles. The van der Waals surface area contributed by atoms with E-state index >= 15 is 0 Å². The highest BCUT2D eigenvalue weighted by molar-refractivity contribution is 6.42. The van der Waals surface area contributed by atoms with E-state index in [1.807, 2.05) is 0 Å². The number of benzene rings is 1. The van der Waals surface area contributed by atoms with Gasteiger partial charge in [-0.2, -0.15) is 0 Å². The van der Waals surface area contributed by atoms with E-state index in [9.17, 15) is 0 Å². The predicted octanol–water partition coefficient (Wildman–Crippen LogP) is 1.85. The summed E-state index contributed by atoms with van der Waals surface area (Å²) >= 11 is 11.7. The minimum atomic E-state index is 0.467. The zero-order valence-electron chi connectivity index (χ0n) is 8.84. The molecule has 1 rings (SSSR count). The Morgan fingerprint density at radius 1 is 1.44 bits per heavy atom. The van der Waals surface area contributed by atoms with Crippen molar-refractivity contribution in [1.82, 2.24) is 5.43 Å². The molecule has 0 fully saturated rings. The molecule has 0 heterocycles. The lowest BCUT2D eigenvalue weighted by Crippen LogP contribution is -2.31. The first-order chi connectivity index (χ1) is 7.69. The molecule has 0 aliphatic carbocycles. The lowest BCUT2D eigenvalue weighted by molar-refractivity contribution is 0.208. The molecule has 0 aliphatic rings. The normalized spacial score (nSPS) is 11.6. The second-order valence-electron chi connectivity index (χ2n) is 3.00. The summed E-state index contributed by atoms with van der Waals surface area (Å²) in [5.41, 5.74) is 3.30. The highest BCUT2D eigenvalue weighted by Gasteiger charge is 2.04. The van der Waals surface area contributed by atoms with Gasteiger partial charge in [-0.1, -0.05) is 23.2 Å². The molecule has 6 heteroatoms. The number of hydrazine groups is 1. The zero-order chi connectivity index (χ0) is 12.0. The highest BCUT2D eigenvalue weighted by atomic mass is 35.5. The van der Waals surface area contributed by atoms with Gasteiger partial charge in [-0.25, -0.2) is 5.84 Å². The van der Waals surface area contributed by atoms with Gasteiger partial charge < -0.3 is 10.2 Å². The van der Waals surface area contributed by atoms with E-state index < -0.39 is 0 Å². The number of hydrogen-bond donors (Lipinski definition) is 2. The van der Waals surface area contributed by atoms with Crippen molar-refractivity contribution < 1.29 is 4.74 Å². The number of nitrogens with zero attached hydrogens (tertiary/aromatic N) is 1. The monoisotopic (exact) mass is 261 g/mol. The Kier molecular flexibility index (Phi) is 5.55. The minimum absolute atomic E-state index is 0.467. The van der Waals surface area contributed by atoms with Gasteiger partial charge in [0.2, 0.25) is 0 Å². The number of ether oxygens (including phenoxy) is 1. The van der Waals surface area contributed by atoms with Crippen LogP contribution in [0, 0.1) is 0 Å². The van der Waals surface area contributed by atoms with Crippen molar-refractivity contribution in [2.75, 3.05) is 20.3 Å². The van der Waals surface area contributed by atoms with Crippen LogP contribution in [0.5, 0.6) is 0 Å². The fraction of sp³-hybridized carbons (Fsp3) is 0.300. The molecule has 0 aromatic heterocycles. The largest absolute Gasteiger partial charge is 0.383 e. The summed E-state index contributed by atoms with van der Waals surface area (Å²) in [6, 6.07) is 5.19. The van der Waals surface area contributed by atoms with Crippen LogP contribution in [0.25, 0.3) is 0 Å². The van der Waals surface area contributed by atoms with Crippen LogP contribution in [-0.4, -0.2) is 26.1 Å². The van der Waals surface area contributed by atoms with E-state index in [-0.39, 0.29) is 0 Å². The standard InChI is InChI=1S/C10H13Cl2N3O/c1-16-5-4-14-10(15-13)7-2-3-8(11)9(12)6-7/h2-3,6H,4-5,13H2,1H3,(H,14,15). The molecular weight excluding hydrogens is 249 g/mol. The fourth-order valence-corrected chi connectivity index (χ4v) is 1.41. The van der Waals surface area contributed by atoms with E-state index in [2.05, 4.69) is 10.4 Å². The van der Waals surface area contributed by atoms with Gasteiger partial charge in [0, 0.05) is 12.7 Å². The molecule has 1 aromatic carbocycles. The molecule has 0 spiro atoms. The van der Waals surface area contributed by atoms with Crippen molar-refractivity contribution in [3.05, 3.63) is 33.8 Å². The van der Waals surface area contributed by atoms with Gasteiger partial charge in [-0.3, -0.25) is 4.99 Å². The van der Waals surface area contributed by atoms with Crippen LogP contribution < -0.4 is 11.3 Å². The Hall–Kier alpha value is -0.810. The van der Waals surface area contributed by atoms with Crippen LogP contribution in [0.15, 0.2) is 23.2 Å². The molecule has 88 valence electrons. The van der Waals surface area contributed by atoms with Gasteiger partial charge in [-0.15, -0.1) is 0 Å². The molecule has 0 unspecified atom stereocenters. The average Bonchev–Trinajstić information content (AvgIpc) is 2.29. The Balaban J connectivity index is 2.86. The molecule has 16 heavy (non-hydrogen) atoms. The molecule has 0 atom stereocenters. The van der Waals surface area contributed by atoms with Gasteiger partial charge in [0.15, 0.2) is 0 Å². The van der Waals surface area contributed by atoms with Crippen LogP contribution in [-0.2, 0) is 4.74 Å². The number of rotatable bonds is 4. The highest BCUT2D eigenvalue weighted by Crippen LogP contribution is 2.22. The first kappa shape index (κ1) is 13.3. The Morgan fingerprint density at radius 2 is 2.19 bits per heavy atom. The topological polar surface area (TPSA) is 59.6 Å². The number of methoxy groups -OCH3 is 1. The number of amidine groups is 1. The summed E-state index contributed by atoms with van der Waals surface area (Å²) in [6.07, 6.45) is 0. The molecule has 0 saturated carbocycles. The van der Waals surface area contributed by atoms with Gasteiger partial charge in [0.1, 0.15) is 5.84 Å². The summed E-state index contributed by atoms with van der Waals surface area (Å²) in [4.78, 5) is 4.23. The fourth-order valence-electron chi connectivity index (χ4n) is 1.11. The number of halogens is 2. The lowest BCUT2D eigenvalue weighted by Gasteiger charge is -2.07. The molecule has 0 aliphatic heterocycles. The first-order valence-electron chi connectivity index (χ1n) is 4.64. The van der Waals surface area contributed by atoms with Crippen LogP contribution in [0.4, 0.5) is 0 Å². The van der Waals surface area contributed by atoms with E-state index in [0.717, 1.165) is 5.56 Å². The SMILES string of the molecule is COCCN=C(NN)c1ccc(Cl)c(Cl)c1. The Morgan fingerprint density at radius 3 is 2.75 bits per heavy atom. The first-order valence-corrected chi connectivity index (χ1v) is 5.40. The third-order valence-electron chi connectivity index (χ3n) is 1.90. The van der Waals surface area contributed by atoms with Crippen molar-refractivity contribution in [3.8, 4) is 0 Å². The summed E-state index contributed by atoms with van der Waals surface area (Å²) in [7, 11) is 1.62. The van der Waals surface area contributed by atoms with Crippen LogP contribution in [0.3, 0.4) is 0 Å². The molecule has 0 bridgehead atoms. The number of nitrogens with one attached hydrogen (secondary N) is 1. The summed E-state index contributed by atoms with van der Waals surface area (Å²) in [6.45, 7) is 1.06. The zero-order valence-corrected chi connectivity index (χ0v) is 10.3. The maximum absolute atomic E-state index is 5.90. The van der Waals surface area contributed by atoms with E-state index in [0.29, 0.717) is 29.0 Å². The molecule has 4 nitrogen and oxygen atoms in total. The van der Waals surface area contributed by atoms with Crippen molar-refractivity contribution in [3.63, 3.8) is 0 Å². The predicted molar refractivity (Wildman–Crippen MR) is 67.1 cm³/mol. The maximum Gasteiger partial charge on any atom is 0.142 e. The lowest BCUT2D eigenvalue weighted by atomic mass is 10.2. The second kappa shape index (κ2) is 6.70. The minimum Gasteiger partial charge on any atom is -0.383 e. The third kappa shape index (κ3) is 3.64. The summed E-state index contributed by atoms with van der Waals surface area (Å²) in [5.74, 6) is 5.93. The van der Waals surface area contributed by atoms with Gasteiger partial charge in [0.25, 0.3) is 0 Å². The van der Waals surface area contributed by atoms with Crippen molar-refractivity contribution in [2.45, 2.75) is 0 Å². The smallest absolute Gasteiger partial charge is 0.142 e. The quantitative estimate of drug-likeness (QED) is 0.286. The van der Waals surface area contributed by atoms with E-state index in [1.54, 1.807) is 25.3 Å². The van der Waals surface area contributed by atoms with E-state index in [4.69, 9.17) is 33.8 Å². The van der Waals surface area contributed by atoms with E-state index in [1.165, 1.54) is 0 Å². The van der Waals surface area contributed by atoms with Crippen LogP contribution >= 0.6 is 23.2 Å². The average molecular weight is 262 g/mol. The summed E-state index contributed by atoms with van der Waals surface area (Å²) < 4.78 is 4.89. The van der Waals surface area contributed by atoms with Crippen molar-refractivity contribution >= 4 is 29.0 Å². The molecule has 0 radical (unpaired) electrons. The van der Waals surface area contributed by atoms with Crippen LogP contribution in [0.1, 0.15) is 5.56 Å².